The third kappa shape index (κ3) is 3.52. The minimum atomic E-state index is 0.0695. The molecule has 3 rings (SSSR count). The quantitative estimate of drug-likeness (QED) is 0.678. The standard InChI is InChI=1S/C17H18N4OS2/c1-3-21(14-10-6-8-12-7-4-5-9-13(12)14)15(22)11-23-17-20-19-16(18-2)24-17/h4-10H,3,11H2,1-2H3,(H,18,19). The van der Waals surface area contributed by atoms with E-state index in [1.54, 1.807) is 7.05 Å². The molecule has 0 fully saturated rings. The molecule has 1 aromatic heterocycles. The predicted octanol–water partition coefficient (Wildman–Crippen LogP) is 3.88. The average molecular weight is 358 g/mol. The lowest BCUT2D eigenvalue weighted by Gasteiger charge is -2.22. The average Bonchev–Trinajstić information content (AvgIpc) is 3.09. The number of fused-ring (bicyclic) bond motifs is 1. The number of anilines is 2. The third-order valence-electron chi connectivity index (χ3n) is 3.61. The first-order valence-corrected chi connectivity index (χ1v) is 9.45. The topological polar surface area (TPSA) is 58.1 Å². The summed E-state index contributed by atoms with van der Waals surface area (Å²) in [5.74, 6) is 0.412. The first-order valence-electron chi connectivity index (χ1n) is 7.65. The number of hydrogen-bond donors (Lipinski definition) is 1. The number of benzene rings is 2. The van der Waals surface area contributed by atoms with E-state index in [9.17, 15) is 4.79 Å². The van der Waals surface area contributed by atoms with Gasteiger partial charge in [0.25, 0.3) is 0 Å². The zero-order valence-corrected chi connectivity index (χ0v) is 15.2. The molecule has 0 saturated carbocycles. The van der Waals surface area contributed by atoms with Gasteiger partial charge in [-0.05, 0) is 18.4 Å². The summed E-state index contributed by atoms with van der Waals surface area (Å²) in [5.41, 5.74) is 0.953. The molecule has 2 aromatic carbocycles. The number of nitrogens with one attached hydrogen (secondary N) is 1. The molecule has 1 heterocycles. The molecule has 1 N–H and O–H groups in total. The highest BCUT2D eigenvalue weighted by molar-refractivity contribution is 8.01. The van der Waals surface area contributed by atoms with E-state index < -0.39 is 0 Å². The molecule has 0 aliphatic rings. The van der Waals surface area contributed by atoms with Crippen LogP contribution in [0.3, 0.4) is 0 Å². The van der Waals surface area contributed by atoms with Crippen LogP contribution >= 0.6 is 23.1 Å². The van der Waals surface area contributed by atoms with Gasteiger partial charge in [0.1, 0.15) is 0 Å². The Balaban J connectivity index is 1.78. The Morgan fingerprint density at radius 1 is 1.21 bits per heavy atom. The van der Waals surface area contributed by atoms with E-state index in [0.29, 0.717) is 12.3 Å². The van der Waals surface area contributed by atoms with Crippen molar-refractivity contribution in [1.29, 1.82) is 0 Å². The molecule has 0 radical (unpaired) electrons. The summed E-state index contributed by atoms with van der Waals surface area (Å²) in [4.78, 5) is 14.5. The fourth-order valence-electron chi connectivity index (χ4n) is 2.50. The predicted molar refractivity (Wildman–Crippen MR) is 102 cm³/mol. The summed E-state index contributed by atoms with van der Waals surface area (Å²) in [6, 6.07) is 14.2. The largest absolute Gasteiger partial charge is 0.363 e. The minimum Gasteiger partial charge on any atom is -0.363 e. The number of aromatic nitrogens is 2. The molecule has 0 atom stereocenters. The SMILES string of the molecule is CCN(C(=O)CSc1nnc(NC)s1)c1cccc2ccccc12. The van der Waals surface area contributed by atoms with Crippen LogP contribution in [0.15, 0.2) is 46.8 Å². The second-order valence-corrected chi connectivity index (χ2v) is 7.25. The zero-order chi connectivity index (χ0) is 16.9. The number of hydrogen-bond acceptors (Lipinski definition) is 6. The minimum absolute atomic E-state index is 0.0695. The van der Waals surface area contributed by atoms with E-state index >= 15 is 0 Å². The van der Waals surface area contributed by atoms with Crippen LogP contribution in [0, 0.1) is 0 Å². The molecule has 0 aliphatic carbocycles. The summed E-state index contributed by atoms with van der Waals surface area (Å²) in [6.45, 7) is 2.62. The molecule has 0 aliphatic heterocycles. The lowest BCUT2D eigenvalue weighted by molar-refractivity contribution is -0.116. The van der Waals surface area contributed by atoms with Crippen molar-refractivity contribution in [3.63, 3.8) is 0 Å². The molecule has 24 heavy (non-hydrogen) atoms. The van der Waals surface area contributed by atoms with Crippen molar-refractivity contribution >= 4 is 50.6 Å². The van der Waals surface area contributed by atoms with Gasteiger partial charge in [0, 0.05) is 19.0 Å². The van der Waals surface area contributed by atoms with E-state index in [-0.39, 0.29) is 5.91 Å². The number of carbonyl (C=O) groups is 1. The van der Waals surface area contributed by atoms with Gasteiger partial charge in [-0.2, -0.15) is 0 Å². The number of amides is 1. The zero-order valence-electron chi connectivity index (χ0n) is 13.5. The molecule has 7 heteroatoms. The van der Waals surface area contributed by atoms with Gasteiger partial charge >= 0.3 is 0 Å². The second-order valence-electron chi connectivity index (χ2n) is 5.05. The van der Waals surface area contributed by atoms with Crippen LogP contribution in [0.5, 0.6) is 0 Å². The van der Waals surface area contributed by atoms with Crippen molar-refractivity contribution in [1.82, 2.24) is 10.2 Å². The smallest absolute Gasteiger partial charge is 0.237 e. The van der Waals surface area contributed by atoms with Gasteiger partial charge in [0.2, 0.25) is 11.0 Å². The molecular formula is C17H18N4OS2. The molecule has 1 amide bonds. The molecule has 124 valence electrons. The Morgan fingerprint density at radius 2 is 2.00 bits per heavy atom. The molecular weight excluding hydrogens is 340 g/mol. The Labute approximate surface area is 149 Å². The Bertz CT molecular complexity index is 844. The summed E-state index contributed by atoms with van der Waals surface area (Å²) >= 11 is 2.87. The molecule has 5 nitrogen and oxygen atoms in total. The van der Waals surface area contributed by atoms with E-state index in [0.717, 1.165) is 25.9 Å². The van der Waals surface area contributed by atoms with E-state index in [1.807, 2.05) is 36.1 Å². The number of thioether (sulfide) groups is 1. The maximum atomic E-state index is 12.7. The Hall–Kier alpha value is -2.12. The van der Waals surface area contributed by atoms with Crippen LogP contribution < -0.4 is 10.2 Å². The number of rotatable bonds is 6. The highest BCUT2D eigenvalue weighted by atomic mass is 32.2. The van der Waals surface area contributed by atoms with Crippen LogP contribution in [0.1, 0.15) is 6.92 Å². The van der Waals surface area contributed by atoms with Gasteiger partial charge in [-0.1, -0.05) is 59.5 Å². The van der Waals surface area contributed by atoms with E-state index in [4.69, 9.17) is 0 Å². The summed E-state index contributed by atoms with van der Waals surface area (Å²) in [7, 11) is 1.81. The normalized spacial score (nSPS) is 10.8. The van der Waals surface area contributed by atoms with E-state index in [1.165, 1.54) is 23.1 Å². The van der Waals surface area contributed by atoms with Gasteiger partial charge in [-0.25, -0.2) is 0 Å². The summed E-state index contributed by atoms with van der Waals surface area (Å²) in [5, 5.41) is 14.0. The van der Waals surface area contributed by atoms with Gasteiger partial charge in [-0.3, -0.25) is 4.79 Å². The molecule has 0 bridgehead atoms. The fourth-order valence-corrected chi connectivity index (χ4v) is 4.08. The van der Waals surface area contributed by atoms with Crippen LogP contribution in [-0.2, 0) is 4.79 Å². The lowest BCUT2D eigenvalue weighted by atomic mass is 10.1. The summed E-state index contributed by atoms with van der Waals surface area (Å²) < 4.78 is 0.793. The number of nitrogens with zero attached hydrogens (tertiary/aromatic N) is 3. The second kappa shape index (κ2) is 7.63. The van der Waals surface area contributed by atoms with Crippen LogP contribution in [-0.4, -0.2) is 35.4 Å². The van der Waals surface area contributed by atoms with Crippen LogP contribution in [0.4, 0.5) is 10.8 Å². The van der Waals surface area contributed by atoms with Crippen LogP contribution in [0.2, 0.25) is 0 Å². The molecule has 0 unspecified atom stereocenters. The molecule has 0 spiro atoms. The fraction of sp³-hybridized carbons (Fsp3) is 0.235. The molecule has 3 aromatic rings. The van der Waals surface area contributed by atoms with Crippen molar-refractivity contribution in [2.24, 2.45) is 0 Å². The lowest BCUT2D eigenvalue weighted by Crippen LogP contribution is -2.32. The van der Waals surface area contributed by atoms with Crippen molar-refractivity contribution in [2.75, 3.05) is 29.6 Å². The third-order valence-corrected chi connectivity index (χ3v) is 5.67. The van der Waals surface area contributed by atoms with Gasteiger partial charge in [0.05, 0.1) is 11.4 Å². The highest BCUT2D eigenvalue weighted by Gasteiger charge is 2.17. The number of carbonyl (C=O) groups excluding carboxylic acids is 1. The van der Waals surface area contributed by atoms with E-state index in [2.05, 4.69) is 33.7 Å². The first kappa shape index (κ1) is 16.7. The monoisotopic (exact) mass is 358 g/mol. The van der Waals surface area contributed by atoms with Crippen molar-refractivity contribution in [3.8, 4) is 0 Å². The Morgan fingerprint density at radius 3 is 2.75 bits per heavy atom. The maximum absolute atomic E-state index is 12.7. The van der Waals surface area contributed by atoms with Crippen molar-refractivity contribution in [3.05, 3.63) is 42.5 Å². The summed E-state index contributed by atoms with van der Waals surface area (Å²) in [6.07, 6.45) is 0. The highest BCUT2D eigenvalue weighted by Crippen LogP contribution is 2.29. The van der Waals surface area contributed by atoms with Gasteiger partial charge < -0.3 is 10.2 Å². The van der Waals surface area contributed by atoms with Crippen molar-refractivity contribution < 1.29 is 4.79 Å². The maximum Gasteiger partial charge on any atom is 0.237 e. The molecule has 0 saturated heterocycles. The van der Waals surface area contributed by atoms with Crippen LogP contribution in [0.25, 0.3) is 10.8 Å². The van der Waals surface area contributed by atoms with Gasteiger partial charge in [0.15, 0.2) is 4.34 Å². The van der Waals surface area contributed by atoms with Crippen molar-refractivity contribution in [2.45, 2.75) is 11.3 Å². The first-order chi connectivity index (χ1) is 11.7. The Kier molecular flexibility index (Phi) is 5.32. The van der Waals surface area contributed by atoms with Gasteiger partial charge in [-0.15, -0.1) is 10.2 Å².